The first-order valence-electron chi connectivity index (χ1n) is 5.42. The van der Waals surface area contributed by atoms with Crippen LogP contribution in [0, 0.1) is 17.0 Å². The number of aryl methyl sites for hydroxylation is 1. The van der Waals surface area contributed by atoms with E-state index in [1.54, 1.807) is 6.92 Å². The Kier molecular flexibility index (Phi) is 4.19. The first-order valence-corrected chi connectivity index (χ1v) is 5.42. The molecule has 0 aliphatic heterocycles. The quantitative estimate of drug-likeness (QED) is 0.614. The van der Waals surface area contributed by atoms with Gasteiger partial charge in [-0.3, -0.25) is 4.79 Å². The van der Waals surface area contributed by atoms with Crippen molar-refractivity contribution in [3.8, 4) is 0 Å². The van der Waals surface area contributed by atoms with Gasteiger partial charge in [0.15, 0.2) is 0 Å². The molecule has 7 heteroatoms. The van der Waals surface area contributed by atoms with Gasteiger partial charge in [-0.1, -0.05) is 6.92 Å². The SMILES string of the molecule is CCC(C)NC(=O)Cn1nc([N+](=O)[O-])cc1C. The predicted octanol–water partition coefficient (Wildman–Crippen LogP) is 1.01. The number of rotatable bonds is 5. The van der Waals surface area contributed by atoms with Crippen molar-refractivity contribution in [2.75, 3.05) is 0 Å². The topological polar surface area (TPSA) is 90.1 Å². The number of amides is 1. The van der Waals surface area contributed by atoms with E-state index in [0.717, 1.165) is 6.42 Å². The molecule has 0 spiro atoms. The van der Waals surface area contributed by atoms with Crippen molar-refractivity contribution < 1.29 is 9.72 Å². The second-order valence-electron chi connectivity index (χ2n) is 3.94. The van der Waals surface area contributed by atoms with Gasteiger partial charge in [-0.05, 0) is 25.2 Å². The summed E-state index contributed by atoms with van der Waals surface area (Å²) in [4.78, 5) is 21.5. The van der Waals surface area contributed by atoms with Crippen molar-refractivity contribution in [2.24, 2.45) is 0 Å². The minimum atomic E-state index is -0.573. The van der Waals surface area contributed by atoms with Crippen molar-refractivity contribution in [3.63, 3.8) is 0 Å². The fraction of sp³-hybridized carbons (Fsp3) is 0.600. The highest BCUT2D eigenvalue weighted by atomic mass is 16.6. The zero-order valence-electron chi connectivity index (χ0n) is 10.1. The monoisotopic (exact) mass is 240 g/mol. The zero-order valence-corrected chi connectivity index (χ0v) is 10.1. The fourth-order valence-corrected chi connectivity index (χ4v) is 1.30. The fourth-order valence-electron chi connectivity index (χ4n) is 1.30. The van der Waals surface area contributed by atoms with Gasteiger partial charge in [0.2, 0.25) is 5.91 Å². The molecule has 1 aromatic rings. The Morgan fingerprint density at radius 3 is 2.82 bits per heavy atom. The summed E-state index contributed by atoms with van der Waals surface area (Å²) in [6.07, 6.45) is 0.837. The van der Waals surface area contributed by atoms with Crippen LogP contribution in [-0.2, 0) is 11.3 Å². The summed E-state index contributed by atoms with van der Waals surface area (Å²) in [6.45, 7) is 5.55. The van der Waals surface area contributed by atoms with Crippen molar-refractivity contribution in [3.05, 3.63) is 21.9 Å². The zero-order chi connectivity index (χ0) is 13.0. The standard InChI is InChI=1S/C10H16N4O3/c1-4-7(2)11-10(15)6-13-8(3)5-9(12-13)14(16)17/h5,7H,4,6H2,1-3H3,(H,11,15). The summed E-state index contributed by atoms with van der Waals surface area (Å²) < 4.78 is 1.33. The van der Waals surface area contributed by atoms with Crippen LogP contribution in [0.5, 0.6) is 0 Å². The third-order valence-electron chi connectivity index (χ3n) is 2.47. The van der Waals surface area contributed by atoms with Crippen molar-refractivity contribution in [2.45, 2.75) is 39.8 Å². The Morgan fingerprint density at radius 2 is 2.35 bits per heavy atom. The van der Waals surface area contributed by atoms with Crippen molar-refractivity contribution in [1.29, 1.82) is 0 Å². The lowest BCUT2D eigenvalue weighted by Gasteiger charge is -2.10. The highest BCUT2D eigenvalue weighted by molar-refractivity contribution is 5.76. The van der Waals surface area contributed by atoms with E-state index >= 15 is 0 Å². The molecule has 0 fully saturated rings. The van der Waals surface area contributed by atoms with Gasteiger partial charge in [-0.15, -0.1) is 0 Å². The van der Waals surface area contributed by atoms with Gasteiger partial charge >= 0.3 is 5.82 Å². The first-order chi connectivity index (χ1) is 7.93. The minimum Gasteiger partial charge on any atom is -0.358 e. The first kappa shape index (κ1) is 13.1. The Bertz CT molecular complexity index is 427. The third kappa shape index (κ3) is 3.54. The molecule has 0 radical (unpaired) electrons. The molecule has 1 atom stereocenters. The summed E-state index contributed by atoms with van der Waals surface area (Å²) in [5.41, 5.74) is 0.594. The Hall–Kier alpha value is -1.92. The molecule has 1 aromatic heterocycles. The highest BCUT2D eigenvalue weighted by Crippen LogP contribution is 2.10. The molecular weight excluding hydrogens is 224 g/mol. The predicted molar refractivity (Wildman–Crippen MR) is 61.5 cm³/mol. The molecule has 1 N–H and O–H groups in total. The van der Waals surface area contributed by atoms with Crippen LogP contribution in [0.25, 0.3) is 0 Å². The molecule has 0 saturated heterocycles. The van der Waals surface area contributed by atoms with Gasteiger partial charge < -0.3 is 15.4 Å². The normalized spacial score (nSPS) is 12.2. The maximum absolute atomic E-state index is 11.6. The molecule has 1 amide bonds. The summed E-state index contributed by atoms with van der Waals surface area (Å²) in [7, 11) is 0. The summed E-state index contributed by atoms with van der Waals surface area (Å²) in [5.74, 6) is -0.431. The van der Waals surface area contributed by atoms with E-state index in [2.05, 4.69) is 10.4 Å². The van der Waals surface area contributed by atoms with Gasteiger partial charge in [-0.2, -0.15) is 4.68 Å². The number of nitro groups is 1. The van der Waals surface area contributed by atoms with E-state index in [0.29, 0.717) is 5.69 Å². The Morgan fingerprint density at radius 1 is 1.71 bits per heavy atom. The molecule has 0 saturated carbocycles. The van der Waals surface area contributed by atoms with Crippen molar-refractivity contribution in [1.82, 2.24) is 15.1 Å². The van der Waals surface area contributed by atoms with Gasteiger partial charge in [0.1, 0.15) is 6.54 Å². The number of nitrogens with zero attached hydrogens (tertiary/aromatic N) is 3. The van der Waals surface area contributed by atoms with Gasteiger partial charge in [0.05, 0.1) is 16.9 Å². The lowest BCUT2D eigenvalue weighted by molar-refractivity contribution is -0.389. The molecule has 17 heavy (non-hydrogen) atoms. The molecule has 0 aromatic carbocycles. The average molecular weight is 240 g/mol. The summed E-state index contributed by atoms with van der Waals surface area (Å²) >= 11 is 0. The average Bonchev–Trinajstić information content (AvgIpc) is 2.60. The Labute approximate surface area is 99.0 Å². The maximum Gasteiger partial charge on any atom is 0.390 e. The van der Waals surface area contributed by atoms with Crippen LogP contribution in [0.15, 0.2) is 6.07 Å². The van der Waals surface area contributed by atoms with Crippen LogP contribution in [0.3, 0.4) is 0 Å². The number of hydrogen-bond acceptors (Lipinski definition) is 4. The van der Waals surface area contributed by atoms with Crippen LogP contribution in [-0.4, -0.2) is 26.7 Å². The van der Waals surface area contributed by atoms with Crippen LogP contribution in [0.1, 0.15) is 26.0 Å². The molecule has 94 valence electrons. The number of carbonyl (C=O) groups is 1. The van der Waals surface area contributed by atoms with Crippen LogP contribution in [0.4, 0.5) is 5.82 Å². The molecule has 0 aliphatic carbocycles. The van der Waals surface area contributed by atoms with Gasteiger partial charge in [0, 0.05) is 6.04 Å². The van der Waals surface area contributed by atoms with Crippen LogP contribution in [0.2, 0.25) is 0 Å². The molecule has 0 aliphatic rings. The van der Waals surface area contributed by atoms with Crippen LogP contribution < -0.4 is 5.32 Å². The molecule has 1 heterocycles. The minimum absolute atomic E-state index is 0.00398. The lowest BCUT2D eigenvalue weighted by Crippen LogP contribution is -2.35. The van der Waals surface area contributed by atoms with E-state index < -0.39 is 4.92 Å². The third-order valence-corrected chi connectivity index (χ3v) is 2.47. The summed E-state index contributed by atoms with van der Waals surface area (Å²) in [6, 6.07) is 1.43. The number of aromatic nitrogens is 2. The van der Waals surface area contributed by atoms with Crippen LogP contribution >= 0.6 is 0 Å². The molecule has 1 rings (SSSR count). The molecule has 0 bridgehead atoms. The van der Waals surface area contributed by atoms with E-state index in [1.165, 1.54) is 10.7 Å². The van der Waals surface area contributed by atoms with Gasteiger partial charge in [0.25, 0.3) is 0 Å². The smallest absolute Gasteiger partial charge is 0.358 e. The largest absolute Gasteiger partial charge is 0.390 e. The van der Waals surface area contributed by atoms with E-state index in [4.69, 9.17) is 0 Å². The number of nitrogens with one attached hydrogen (secondary N) is 1. The van der Waals surface area contributed by atoms with E-state index in [9.17, 15) is 14.9 Å². The Balaban J connectivity index is 2.68. The second-order valence-corrected chi connectivity index (χ2v) is 3.94. The van der Waals surface area contributed by atoms with Gasteiger partial charge in [-0.25, -0.2) is 0 Å². The van der Waals surface area contributed by atoms with E-state index in [1.807, 2.05) is 13.8 Å². The summed E-state index contributed by atoms with van der Waals surface area (Å²) in [5, 5.41) is 17.0. The molecular formula is C10H16N4O3. The van der Waals surface area contributed by atoms with Crippen molar-refractivity contribution >= 4 is 11.7 Å². The molecule has 1 unspecified atom stereocenters. The molecule has 7 nitrogen and oxygen atoms in total. The highest BCUT2D eigenvalue weighted by Gasteiger charge is 2.17. The number of carbonyl (C=O) groups excluding carboxylic acids is 1. The maximum atomic E-state index is 11.6. The lowest BCUT2D eigenvalue weighted by atomic mass is 10.2. The second kappa shape index (κ2) is 5.42. The number of hydrogen-bond donors (Lipinski definition) is 1. The van der Waals surface area contributed by atoms with E-state index in [-0.39, 0.29) is 24.3 Å².